The first kappa shape index (κ1) is 13.7. The zero-order chi connectivity index (χ0) is 13.8. The highest BCUT2D eigenvalue weighted by molar-refractivity contribution is 5.68. The Balaban J connectivity index is 1.97. The Morgan fingerprint density at radius 1 is 1.32 bits per heavy atom. The third kappa shape index (κ3) is 3.38. The summed E-state index contributed by atoms with van der Waals surface area (Å²) in [6.45, 7) is 2.74. The van der Waals surface area contributed by atoms with Gasteiger partial charge in [-0.15, -0.1) is 0 Å². The summed E-state index contributed by atoms with van der Waals surface area (Å²) in [5.41, 5.74) is 2.29. The van der Waals surface area contributed by atoms with Crippen molar-refractivity contribution >= 4 is 6.09 Å². The van der Waals surface area contributed by atoms with Crippen LogP contribution < -0.4 is 4.74 Å². The number of benzene rings is 1. The van der Waals surface area contributed by atoms with Gasteiger partial charge in [0.15, 0.2) is 0 Å². The Hall–Kier alpha value is -1.75. The molecule has 0 aromatic heterocycles. The van der Waals surface area contributed by atoms with E-state index in [1.807, 2.05) is 32.3 Å². The minimum Gasteiger partial charge on any atom is -0.492 e. The second-order valence-electron chi connectivity index (χ2n) is 4.91. The average molecular weight is 264 g/mol. The first-order chi connectivity index (χ1) is 9.10. The molecule has 19 heavy (non-hydrogen) atoms. The molecule has 0 fully saturated rings. The lowest BCUT2D eigenvalue weighted by Crippen LogP contribution is -2.24. The van der Waals surface area contributed by atoms with Gasteiger partial charge in [0.1, 0.15) is 12.4 Å². The highest BCUT2D eigenvalue weighted by atomic mass is 16.5. The van der Waals surface area contributed by atoms with Gasteiger partial charge < -0.3 is 14.4 Å². The number of ether oxygens (including phenoxy) is 2. The van der Waals surface area contributed by atoms with E-state index >= 15 is 0 Å². The van der Waals surface area contributed by atoms with E-state index in [4.69, 9.17) is 9.47 Å². The second kappa shape index (κ2) is 5.93. The highest BCUT2D eigenvalue weighted by Gasteiger charge is 2.24. The fourth-order valence-electron chi connectivity index (χ4n) is 2.06. The van der Waals surface area contributed by atoms with E-state index in [-0.39, 0.29) is 6.09 Å². The summed E-state index contributed by atoms with van der Waals surface area (Å²) in [5, 5.41) is 0. The van der Waals surface area contributed by atoms with Crippen LogP contribution in [0, 0.1) is 0 Å². The van der Waals surface area contributed by atoms with Crippen molar-refractivity contribution in [1.29, 1.82) is 0 Å². The van der Waals surface area contributed by atoms with Gasteiger partial charge in [-0.25, -0.2) is 4.79 Å². The molecule has 104 valence electrons. The van der Waals surface area contributed by atoms with E-state index in [2.05, 4.69) is 4.90 Å². The molecule has 5 nitrogen and oxygen atoms in total. The molecule has 1 aromatic rings. The molecule has 0 saturated heterocycles. The Morgan fingerprint density at radius 2 is 2.05 bits per heavy atom. The molecule has 0 unspecified atom stereocenters. The zero-order valence-corrected chi connectivity index (χ0v) is 11.7. The largest absolute Gasteiger partial charge is 0.492 e. The van der Waals surface area contributed by atoms with Gasteiger partial charge >= 0.3 is 6.09 Å². The summed E-state index contributed by atoms with van der Waals surface area (Å²) in [7, 11) is 5.43. The topological polar surface area (TPSA) is 42.0 Å². The summed E-state index contributed by atoms with van der Waals surface area (Å²) in [4.78, 5) is 15.2. The van der Waals surface area contributed by atoms with Crippen LogP contribution in [0.25, 0.3) is 0 Å². The van der Waals surface area contributed by atoms with E-state index in [1.54, 1.807) is 4.90 Å². The molecule has 0 saturated carbocycles. The highest BCUT2D eigenvalue weighted by Crippen LogP contribution is 2.27. The van der Waals surface area contributed by atoms with Crippen molar-refractivity contribution in [1.82, 2.24) is 9.80 Å². The molecule has 1 amide bonds. The maximum atomic E-state index is 11.5. The van der Waals surface area contributed by atoms with Gasteiger partial charge in [-0.05, 0) is 37.4 Å². The molecule has 0 spiro atoms. The van der Waals surface area contributed by atoms with E-state index in [1.165, 1.54) is 7.11 Å². The van der Waals surface area contributed by atoms with Crippen molar-refractivity contribution in [2.24, 2.45) is 0 Å². The number of amides is 1. The number of fused-ring (bicyclic) bond motifs is 1. The number of likely N-dealkylation sites (N-methyl/N-ethyl adjacent to an activating group) is 1. The van der Waals surface area contributed by atoms with Crippen molar-refractivity contribution in [3.05, 3.63) is 29.3 Å². The van der Waals surface area contributed by atoms with E-state index in [9.17, 15) is 4.79 Å². The third-order valence-electron chi connectivity index (χ3n) is 3.14. The summed E-state index contributed by atoms with van der Waals surface area (Å²) < 4.78 is 10.4. The standard InChI is InChI=1S/C14H20N2O3/c1-15(2)6-7-19-13-5-4-11-9-16(14(17)18-3)10-12(11)8-13/h4-5,8H,6-7,9-10H2,1-3H3. The molecule has 1 aromatic carbocycles. The van der Waals surface area contributed by atoms with Crippen LogP contribution >= 0.6 is 0 Å². The van der Waals surface area contributed by atoms with Gasteiger partial charge in [0, 0.05) is 19.6 Å². The van der Waals surface area contributed by atoms with E-state index < -0.39 is 0 Å². The van der Waals surface area contributed by atoms with Crippen molar-refractivity contribution in [2.75, 3.05) is 34.4 Å². The van der Waals surface area contributed by atoms with Crippen molar-refractivity contribution in [3.8, 4) is 5.75 Å². The van der Waals surface area contributed by atoms with Crippen LogP contribution in [0.3, 0.4) is 0 Å². The number of carbonyl (C=O) groups excluding carboxylic acids is 1. The summed E-state index contributed by atoms with van der Waals surface area (Å²) >= 11 is 0. The molecule has 1 aliphatic heterocycles. The van der Waals surface area contributed by atoms with Crippen LogP contribution in [0.15, 0.2) is 18.2 Å². The first-order valence-electron chi connectivity index (χ1n) is 6.32. The summed E-state index contributed by atoms with van der Waals surface area (Å²) in [6, 6.07) is 5.98. The summed E-state index contributed by atoms with van der Waals surface area (Å²) in [5.74, 6) is 0.854. The van der Waals surface area contributed by atoms with Crippen LogP contribution in [0.2, 0.25) is 0 Å². The molecule has 0 N–H and O–H groups in total. The number of nitrogens with zero attached hydrogens (tertiary/aromatic N) is 2. The van der Waals surface area contributed by atoms with Crippen molar-refractivity contribution in [2.45, 2.75) is 13.1 Å². The Morgan fingerprint density at radius 3 is 2.74 bits per heavy atom. The van der Waals surface area contributed by atoms with Gasteiger partial charge in [-0.1, -0.05) is 6.07 Å². The van der Waals surface area contributed by atoms with Gasteiger partial charge in [0.05, 0.1) is 7.11 Å². The number of hydrogen-bond acceptors (Lipinski definition) is 4. The number of methoxy groups -OCH3 is 1. The van der Waals surface area contributed by atoms with Crippen LogP contribution in [-0.2, 0) is 17.8 Å². The quantitative estimate of drug-likeness (QED) is 0.830. The molecule has 0 atom stereocenters. The molecule has 0 radical (unpaired) electrons. The van der Waals surface area contributed by atoms with Crippen molar-refractivity contribution < 1.29 is 14.3 Å². The van der Waals surface area contributed by atoms with E-state index in [0.29, 0.717) is 19.7 Å². The zero-order valence-electron chi connectivity index (χ0n) is 11.7. The van der Waals surface area contributed by atoms with Gasteiger partial charge in [0.25, 0.3) is 0 Å². The summed E-state index contributed by atoms with van der Waals surface area (Å²) in [6.07, 6.45) is -0.286. The monoisotopic (exact) mass is 264 g/mol. The number of rotatable bonds is 4. The Kier molecular flexibility index (Phi) is 4.27. The predicted molar refractivity (Wildman–Crippen MR) is 72.1 cm³/mol. The fraction of sp³-hybridized carbons (Fsp3) is 0.500. The second-order valence-corrected chi connectivity index (χ2v) is 4.91. The lowest BCUT2D eigenvalue weighted by molar-refractivity contribution is 0.123. The molecule has 1 aliphatic rings. The third-order valence-corrected chi connectivity index (χ3v) is 3.14. The Labute approximate surface area is 113 Å². The molecular formula is C14H20N2O3. The van der Waals surface area contributed by atoms with Crippen LogP contribution in [0.5, 0.6) is 5.75 Å². The molecule has 5 heteroatoms. The van der Waals surface area contributed by atoms with E-state index in [0.717, 1.165) is 23.4 Å². The smallest absolute Gasteiger partial charge is 0.410 e. The Bertz CT molecular complexity index is 460. The fourth-order valence-corrected chi connectivity index (χ4v) is 2.06. The van der Waals surface area contributed by atoms with Gasteiger partial charge in [0.2, 0.25) is 0 Å². The van der Waals surface area contributed by atoms with Crippen LogP contribution in [0.4, 0.5) is 4.79 Å². The molecule has 0 bridgehead atoms. The first-order valence-corrected chi connectivity index (χ1v) is 6.32. The minimum absolute atomic E-state index is 0.286. The van der Waals surface area contributed by atoms with Crippen molar-refractivity contribution in [3.63, 3.8) is 0 Å². The number of carbonyl (C=O) groups is 1. The molecule has 2 rings (SSSR count). The molecule has 0 aliphatic carbocycles. The van der Waals surface area contributed by atoms with Gasteiger partial charge in [-0.2, -0.15) is 0 Å². The van der Waals surface area contributed by atoms with Crippen LogP contribution in [-0.4, -0.2) is 50.2 Å². The number of hydrogen-bond donors (Lipinski definition) is 0. The lowest BCUT2D eigenvalue weighted by Gasteiger charge is -2.12. The SMILES string of the molecule is COC(=O)N1Cc2ccc(OCCN(C)C)cc2C1. The average Bonchev–Trinajstić information content (AvgIpc) is 2.80. The maximum Gasteiger partial charge on any atom is 0.410 e. The van der Waals surface area contributed by atoms with Crippen LogP contribution in [0.1, 0.15) is 11.1 Å². The maximum absolute atomic E-state index is 11.5. The molecule has 1 heterocycles. The predicted octanol–water partition coefficient (Wildman–Crippen LogP) is 1.71. The lowest BCUT2D eigenvalue weighted by atomic mass is 10.1. The molecular weight excluding hydrogens is 244 g/mol. The normalized spacial score (nSPS) is 13.6. The van der Waals surface area contributed by atoms with Gasteiger partial charge in [-0.3, -0.25) is 4.90 Å². The minimum atomic E-state index is -0.286.